The number of rotatable bonds is 6. The Morgan fingerprint density at radius 2 is 2.00 bits per heavy atom. The molecule has 0 unspecified atom stereocenters. The lowest BCUT2D eigenvalue weighted by atomic mass is 10.0. The summed E-state index contributed by atoms with van der Waals surface area (Å²) in [5.74, 6) is 3.67. The third kappa shape index (κ3) is 4.65. The molecule has 6 heteroatoms. The van der Waals surface area contributed by atoms with Gasteiger partial charge in [-0.1, -0.05) is 24.3 Å². The van der Waals surface area contributed by atoms with Gasteiger partial charge in [-0.05, 0) is 43.2 Å². The zero-order valence-corrected chi connectivity index (χ0v) is 18.4. The third-order valence-corrected chi connectivity index (χ3v) is 6.44. The lowest BCUT2D eigenvalue weighted by molar-refractivity contribution is -0.113. The van der Waals surface area contributed by atoms with Crippen LogP contribution in [-0.4, -0.2) is 48.6 Å². The maximum atomic E-state index is 12.9. The van der Waals surface area contributed by atoms with E-state index in [1.54, 1.807) is 0 Å². The highest BCUT2D eigenvalue weighted by molar-refractivity contribution is 7.99. The molecule has 0 spiro atoms. The second-order valence-electron chi connectivity index (χ2n) is 7.50. The van der Waals surface area contributed by atoms with E-state index in [0.717, 1.165) is 36.4 Å². The Bertz CT molecular complexity index is 951. The highest BCUT2D eigenvalue weighted by Gasteiger charge is 2.21. The van der Waals surface area contributed by atoms with Crippen molar-refractivity contribution in [2.45, 2.75) is 20.4 Å². The molecule has 1 amide bonds. The number of thioether (sulfide) groups is 1. The maximum Gasteiger partial charge on any atom is 0.255 e. The summed E-state index contributed by atoms with van der Waals surface area (Å²) in [6.07, 6.45) is 1.89. The number of para-hydroxylation sites is 1. The fourth-order valence-corrected chi connectivity index (χ4v) is 4.75. The number of fused-ring (bicyclic) bond motifs is 1. The Morgan fingerprint density at radius 3 is 2.80 bits per heavy atom. The molecule has 5 nitrogen and oxygen atoms in total. The summed E-state index contributed by atoms with van der Waals surface area (Å²) in [4.78, 5) is 15.4. The summed E-state index contributed by atoms with van der Waals surface area (Å²) in [5.41, 5.74) is 4.72. The van der Waals surface area contributed by atoms with Crippen LogP contribution < -0.4 is 14.8 Å². The summed E-state index contributed by atoms with van der Waals surface area (Å²) < 4.78 is 11.5. The summed E-state index contributed by atoms with van der Waals surface area (Å²) >= 11 is 2.01. The van der Waals surface area contributed by atoms with Crippen molar-refractivity contribution in [3.05, 3.63) is 58.7 Å². The number of anilines is 1. The van der Waals surface area contributed by atoms with Crippen LogP contribution in [0.1, 0.15) is 23.6 Å². The number of hydrogen-bond acceptors (Lipinski definition) is 5. The van der Waals surface area contributed by atoms with E-state index in [1.807, 2.05) is 55.1 Å². The SMILES string of the molecule is CCOc1cccc2c1OCC(C(=O)Nc1cccc(CN3CCSCC3)c1C)=C2. The highest BCUT2D eigenvalue weighted by atomic mass is 32.2. The molecule has 2 aliphatic rings. The van der Waals surface area contributed by atoms with Crippen LogP contribution >= 0.6 is 11.8 Å². The van der Waals surface area contributed by atoms with Crippen molar-refractivity contribution in [3.8, 4) is 11.5 Å². The Hall–Kier alpha value is -2.44. The van der Waals surface area contributed by atoms with E-state index >= 15 is 0 Å². The molecule has 30 heavy (non-hydrogen) atoms. The van der Waals surface area contributed by atoms with Crippen molar-refractivity contribution in [3.63, 3.8) is 0 Å². The number of nitrogens with zero attached hydrogens (tertiary/aromatic N) is 1. The zero-order valence-electron chi connectivity index (χ0n) is 17.6. The van der Waals surface area contributed by atoms with Crippen LogP contribution in [-0.2, 0) is 11.3 Å². The van der Waals surface area contributed by atoms with E-state index in [9.17, 15) is 4.79 Å². The van der Waals surface area contributed by atoms with Gasteiger partial charge in [-0.3, -0.25) is 9.69 Å². The lowest BCUT2D eigenvalue weighted by Gasteiger charge is -2.27. The van der Waals surface area contributed by atoms with Crippen molar-refractivity contribution >= 4 is 29.4 Å². The number of benzene rings is 2. The molecular weight excluding hydrogens is 396 g/mol. The maximum absolute atomic E-state index is 12.9. The fraction of sp³-hybridized carbons (Fsp3) is 0.375. The van der Waals surface area contributed by atoms with Crippen molar-refractivity contribution in [2.24, 2.45) is 0 Å². The Kier molecular flexibility index (Phi) is 6.65. The molecule has 0 saturated carbocycles. The quantitative estimate of drug-likeness (QED) is 0.747. The number of nitrogens with one attached hydrogen (secondary N) is 1. The van der Waals surface area contributed by atoms with Gasteiger partial charge in [-0.2, -0.15) is 11.8 Å². The molecule has 2 aromatic carbocycles. The van der Waals surface area contributed by atoms with E-state index in [0.29, 0.717) is 23.7 Å². The average Bonchev–Trinajstić information content (AvgIpc) is 2.77. The first-order chi connectivity index (χ1) is 14.7. The Labute approximate surface area is 182 Å². The first-order valence-corrected chi connectivity index (χ1v) is 11.6. The second-order valence-corrected chi connectivity index (χ2v) is 8.72. The van der Waals surface area contributed by atoms with Crippen LogP contribution in [0.15, 0.2) is 42.0 Å². The Balaban J connectivity index is 1.49. The molecule has 1 N–H and O–H groups in total. The first-order valence-electron chi connectivity index (χ1n) is 10.4. The topological polar surface area (TPSA) is 50.8 Å². The molecular formula is C24H28N2O3S. The van der Waals surface area contributed by atoms with Gasteiger partial charge in [0.1, 0.15) is 6.61 Å². The third-order valence-electron chi connectivity index (χ3n) is 5.49. The van der Waals surface area contributed by atoms with Crippen LogP contribution in [0.3, 0.4) is 0 Å². The summed E-state index contributed by atoms with van der Waals surface area (Å²) in [6, 6.07) is 11.9. The second kappa shape index (κ2) is 9.58. The van der Waals surface area contributed by atoms with E-state index < -0.39 is 0 Å². The smallest absolute Gasteiger partial charge is 0.255 e. The molecule has 1 fully saturated rings. The van der Waals surface area contributed by atoms with E-state index in [1.165, 1.54) is 17.1 Å². The van der Waals surface area contributed by atoms with Crippen LogP contribution in [0.5, 0.6) is 11.5 Å². The van der Waals surface area contributed by atoms with Gasteiger partial charge in [-0.15, -0.1) is 0 Å². The van der Waals surface area contributed by atoms with Gasteiger partial charge < -0.3 is 14.8 Å². The van der Waals surface area contributed by atoms with Gasteiger partial charge in [0.25, 0.3) is 5.91 Å². The van der Waals surface area contributed by atoms with Gasteiger partial charge in [0.15, 0.2) is 11.5 Å². The average molecular weight is 425 g/mol. The Morgan fingerprint density at radius 1 is 1.20 bits per heavy atom. The molecule has 0 radical (unpaired) electrons. The lowest BCUT2D eigenvalue weighted by Crippen LogP contribution is -2.32. The number of carbonyl (C=O) groups excluding carboxylic acids is 1. The minimum absolute atomic E-state index is 0.128. The van der Waals surface area contributed by atoms with E-state index in [2.05, 4.69) is 23.2 Å². The molecule has 2 aliphatic heterocycles. The molecule has 0 atom stereocenters. The monoisotopic (exact) mass is 424 g/mol. The standard InChI is InChI=1S/C24H28N2O3S/c1-3-28-22-9-5-6-18-14-20(16-29-23(18)22)24(27)25-21-8-4-7-19(17(21)2)15-26-10-12-30-13-11-26/h4-9,14H,3,10-13,15-16H2,1-2H3,(H,25,27). The van der Waals surface area contributed by atoms with Crippen LogP contribution in [0.2, 0.25) is 0 Å². The van der Waals surface area contributed by atoms with Crippen LogP contribution in [0, 0.1) is 6.92 Å². The molecule has 0 bridgehead atoms. The van der Waals surface area contributed by atoms with E-state index in [4.69, 9.17) is 9.47 Å². The largest absolute Gasteiger partial charge is 0.490 e. The number of carbonyl (C=O) groups is 1. The van der Waals surface area contributed by atoms with Gasteiger partial charge in [0, 0.05) is 42.4 Å². The normalized spacial score (nSPS) is 16.3. The number of ether oxygens (including phenoxy) is 2. The van der Waals surface area contributed by atoms with Crippen molar-refractivity contribution in [1.82, 2.24) is 4.90 Å². The molecule has 2 aromatic rings. The number of amides is 1. The molecule has 158 valence electrons. The van der Waals surface area contributed by atoms with Gasteiger partial charge in [0.2, 0.25) is 0 Å². The van der Waals surface area contributed by atoms with Crippen molar-refractivity contribution in [2.75, 3.05) is 43.1 Å². The molecule has 4 rings (SSSR count). The predicted molar refractivity (Wildman–Crippen MR) is 123 cm³/mol. The van der Waals surface area contributed by atoms with Gasteiger partial charge in [0.05, 0.1) is 12.2 Å². The molecule has 0 aliphatic carbocycles. The number of hydrogen-bond donors (Lipinski definition) is 1. The molecule has 0 aromatic heterocycles. The first kappa shape index (κ1) is 20.8. The fourth-order valence-electron chi connectivity index (χ4n) is 3.77. The van der Waals surface area contributed by atoms with Gasteiger partial charge >= 0.3 is 0 Å². The minimum atomic E-state index is -0.128. The minimum Gasteiger partial charge on any atom is -0.490 e. The summed E-state index contributed by atoms with van der Waals surface area (Å²) in [7, 11) is 0. The highest BCUT2D eigenvalue weighted by Crippen LogP contribution is 2.36. The summed E-state index contributed by atoms with van der Waals surface area (Å²) in [6.45, 7) is 7.99. The zero-order chi connectivity index (χ0) is 20.9. The predicted octanol–water partition coefficient (Wildman–Crippen LogP) is 4.36. The summed E-state index contributed by atoms with van der Waals surface area (Å²) in [5, 5.41) is 3.09. The molecule has 1 saturated heterocycles. The van der Waals surface area contributed by atoms with Crippen LogP contribution in [0.4, 0.5) is 5.69 Å². The van der Waals surface area contributed by atoms with Gasteiger partial charge in [-0.25, -0.2) is 0 Å². The van der Waals surface area contributed by atoms with Crippen LogP contribution in [0.25, 0.3) is 6.08 Å². The van der Waals surface area contributed by atoms with Crippen molar-refractivity contribution < 1.29 is 14.3 Å². The van der Waals surface area contributed by atoms with Crippen molar-refractivity contribution in [1.29, 1.82) is 0 Å². The van der Waals surface area contributed by atoms with E-state index in [-0.39, 0.29) is 12.5 Å². The molecule has 2 heterocycles.